The Morgan fingerprint density at radius 2 is 1.95 bits per heavy atom. The predicted molar refractivity (Wildman–Crippen MR) is 79.1 cm³/mol. The molecule has 0 amide bonds. The summed E-state index contributed by atoms with van der Waals surface area (Å²) >= 11 is 0. The van der Waals surface area contributed by atoms with E-state index in [0.717, 1.165) is 19.4 Å². The summed E-state index contributed by atoms with van der Waals surface area (Å²) in [6.07, 6.45) is 6.08. The molecule has 0 aliphatic carbocycles. The van der Waals surface area contributed by atoms with Gasteiger partial charge in [0.25, 0.3) is 0 Å². The molecule has 0 spiro atoms. The summed E-state index contributed by atoms with van der Waals surface area (Å²) in [5, 5.41) is 3.20. The van der Waals surface area contributed by atoms with E-state index >= 15 is 0 Å². The lowest BCUT2D eigenvalue weighted by Crippen LogP contribution is -2.29. The Morgan fingerprint density at radius 1 is 1.21 bits per heavy atom. The molecular formula is C16H23N3. The standard InChI is InChI=1S/C16H23N3/c1-16(2,10-9-14-7-5-4-6-8-14)19-13-18-12-15(19)11-17-3/h4-8,12-13,17H,9-11H2,1-3H3. The monoisotopic (exact) mass is 257 g/mol. The van der Waals surface area contributed by atoms with E-state index in [0.29, 0.717) is 0 Å². The number of nitrogens with one attached hydrogen (secondary N) is 1. The van der Waals surface area contributed by atoms with Gasteiger partial charge in [-0.15, -0.1) is 0 Å². The Balaban J connectivity index is 2.07. The second-order valence-electron chi connectivity index (χ2n) is 5.58. The van der Waals surface area contributed by atoms with Gasteiger partial charge >= 0.3 is 0 Å². The molecule has 0 atom stereocenters. The first kappa shape index (κ1) is 13.8. The van der Waals surface area contributed by atoms with Gasteiger partial charge in [-0.25, -0.2) is 4.98 Å². The van der Waals surface area contributed by atoms with Crippen molar-refractivity contribution in [3.8, 4) is 0 Å². The van der Waals surface area contributed by atoms with Gasteiger partial charge in [0.05, 0.1) is 12.0 Å². The largest absolute Gasteiger partial charge is 0.328 e. The fourth-order valence-corrected chi connectivity index (χ4v) is 2.39. The van der Waals surface area contributed by atoms with Crippen LogP contribution in [0.4, 0.5) is 0 Å². The van der Waals surface area contributed by atoms with Crippen LogP contribution in [-0.4, -0.2) is 16.6 Å². The van der Waals surface area contributed by atoms with E-state index in [4.69, 9.17) is 0 Å². The van der Waals surface area contributed by atoms with Crippen LogP contribution in [0, 0.1) is 0 Å². The Hall–Kier alpha value is -1.61. The molecule has 102 valence electrons. The van der Waals surface area contributed by atoms with Crippen molar-refractivity contribution in [2.24, 2.45) is 0 Å². The first-order valence-corrected chi connectivity index (χ1v) is 6.84. The lowest BCUT2D eigenvalue weighted by Gasteiger charge is -2.29. The molecule has 0 saturated heterocycles. The number of nitrogens with zero attached hydrogens (tertiary/aromatic N) is 2. The maximum absolute atomic E-state index is 4.28. The molecule has 1 aromatic heterocycles. The summed E-state index contributed by atoms with van der Waals surface area (Å²) in [5.74, 6) is 0. The van der Waals surface area contributed by atoms with Crippen molar-refractivity contribution in [1.82, 2.24) is 14.9 Å². The molecule has 0 saturated carbocycles. The number of aryl methyl sites for hydroxylation is 1. The number of hydrogen-bond donors (Lipinski definition) is 1. The number of imidazole rings is 1. The van der Waals surface area contributed by atoms with Gasteiger partial charge in [-0.3, -0.25) is 0 Å². The second-order valence-corrected chi connectivity index (χ2v) is 5.58. The zero-order valence-electron chi connectivity index (χ0n) is 12.1. The summed E-state index contributed by atoms with van der Waals surface area (Å²) in [7, 11) is 1.97. The normalized spacial score (nSPS) is 11.7. The number of hydrogen-bond acceptors (Lipinski definition) is 2. The average molecular weight is 257 g/mol. The van der Waals surface area contributed by atoms with Crippen molar-refractivity contribution in [1.29, 1.82) is 0 Å². The van der Waals surface area contributed by atoms with Crippen molar-refractivity contribution in [3.05, 3.63) is 54.1 Å². The van der Waals surface area contributed by atoms with Crippen molar-refractivity contribution in [2.75, 3.05) is 7.05 Å². The van der Waals surface area contributed by atoms with Crippen LogP contribution in [0.3, 0.4) is 0 Å². The van der Waals surface area contributed by atoms with E-state index in [9.17, 15) is 0 Å². The predicted octanol–water partition coefficient (Wildman–Crippen LogP) is 2.97. The van der Waals surface area contributed by atoms with Gasteiger partial charge in [0, 0.05) is 18.3 Å². The zero-order valence-corrected chi connectivity index (χ0v) is 12.1. The van der Waals surface area contributed by atoms with Crippen molar-refractivity contribution in [2.45, 2.75) is 38.8 Å². The summed E-state index contributed by atoms with van der Waals surface area (Å²) in [5.41, 5.74) is 2.71. The molecule has 3 nitrogen and oxygen atoms in total. The fraction of sp³-hybridized carbons (Fsp3) is 0.438. The summed E-state index contributed by atoms with van der Waals surface area (Å²) in [4.78, 5) is 4.28. The third-order valence-corrected chi connectivity index (χ3v) is 3.59. The number of rotatable bonds is 6. The molecule has 0 bridgehead atoms. The first-order chi connectivity index (χ1) is 9.13. The van der Waals surface area contributed by atoms with Gasteiger partial charge in [-0.2, -0.15) is 0 Å². The van der Waals surface area contributed by atoms with Crippen LogP contribution in [0.2, 0.25) is 0 Å². The highest BCUT2D eigenvalue weighted by molar-refractivity contribution is 5.15. The van der Waals surface area contributed by atoms with E-state index in [-0.39, 0.29) is 5.54 Å². The van der Waals surface area contributed by atoms with E-state index in [1.165, 1.54) is 11.3 Å². The molecule has 3 heteroatoms. The molecule has 2 aromatic rings. The van der Waals surface area contributed by atoms with Gasteiger partial charge in [0.15, 0.2) is 0 Å². The van der Waals surface area contributed by atoms with E-state index < -0.39 is 0 Å². The summed E-state index contributed by atoms with van der Waals surface area (Å²) < 4.78 is 2.28. The molecule has 1 N–H and O–H groups in total. The third-order valence-electron chi connectivity index (χ3n) is 3.59. The minimum atomic E-state index is 0.0819. The minimum absolute atomic E-state index is 0.0819. The quantitative estimate of drug-likeness (QED) is 0.862. The molecule has 0 unspecified atom stereocenters. The summed E-state index contributed by atoms with van der Waals surface area (Å²) in [6.45, 7) is 5.41. The second kappa shape index (κ2) is 6.02. The lowest BCUT2D eigenvalue weighted by molar-refractivity contribution is 0.317. The van der Waals surface area contributed by atoms with Crippen LogP contribution in [0.25, 0.3) is 0 Å². The topological polar surface area (TPSA) is 29.9 Å². The average Bonchev–Trinajstić information content (AvgIpc) is 2.87. The van der Waals surface area contributed by atoms with Crippen LogP contribution in [0.1, 0.15) is 31.5 Å². The van der Waals surface area contributed by atoms with Gasteiger partial charge < -0.3 is 9.88 Å². The molecule has 1 aromatic carbocycles. The molecular weight excluding hydrogens is 234 g/mol. The van der Waals surface area contributed by atoms with Gasteiger partial charge in [-0.05, 0) is 39.3 Å². The zero-order chi connectivity index (χ0) is 13.7. The minimum Gasteiger partial charge on any atom is -0.328 e. The first-order valence-electron chi connectivity index (χ1n) is 6.84. The third kappa shape index (κ3) is 3.44. The molecule has 1 heterocycles. The SMILES string of the molecule is CNCc1cncn1C(C)(C)CCc1ccccc1. The van der Waals surface area contributed by atoms with Crippen LogP contribution >= 0.6 is 0 Å². The van der Waals surface area contributed by atoms with Crippen LogP contribution in [0.5, 0.6) is 0 Å². The highest BCUT2D eigenvalue weighted by Gasteiger charge is 2.22. The van der Waals surface area contributed by atoms with E-state index in [1.54, 1.807) is 0 Å². The Bertz CT molecular complexity index is 500. The highest BCUT2D eigenvalue weighted by Crippen LogP contribution is 2.24. The molecule has 0 aliphatic heterocycles. The van der Waals surface area contributed by atoms with Gasteiger partial charge in [-0.1, -0.05) is 30.3 Å². The number of aromatic nitrogens is 2. The van der Waals surface area contributed by atoms with Crippen molar-refractivity contribution in [3.63, 3.8) is 0 Å². The van der Waals surface area contributed by atoms with Crippen molar-refractivity contribution < 1.29 is 0 Å². The van der Waals surface area contributed by atoms with E-state index in [2.05, 4.69) is 59.0 Å². The molecule has 0 aliphatic rings. The lowest BCUT2D eigenvalue weighted by atomic mass is 9.94. The Morgan fingerprint density at radius 3 is 2.63 bits per heavy atom. The van der Waals surface area contributed by atoms with Crippen molar-refractivity contribution >= 4 is 0 Å². The Kier molecular flexibility index (Phi) is 4.38. The van der Waals surface area contributed by atoms with Crippen LogP contribution < -0.4 is 5.32 Å². The molecule has 19 heavy (non-hydrogen) atoms. The molecule has 0 radical (unpaired) electrons. The number of benzene rings is 1. The van der Waals surface area contributed by atoms with Gasteiger partial charge in [0.1, 0.15) is 0 Å². The maximum atomic E-state index is 4.28. The van der Waals surface area contributed by atoms with Crippen LogP contribution in [-0.2, 0) is 18.5 Å². The molecule has 2 rings (SSSR count). The van der Waals surface area contributed by atoms with Gasteiger partial charge in [0.2, 0.25) is 0 Å². The van der Waals surface area contributed by atoms with Crippen LogP contribution in [0.15, 0.2) is 42.9 Å². The summed E-state index contributed by atoms with van der Waals surface area (Å²) in [6, 6.07) is 10.7. The highest BCUT2D eigenvalue weighted by atomic mass is 15.1. The molecule has 0 fully saturated rings. The van der Waals surface area contributed by atoms with E-state index in [1.807, 2.05) is 19.6 Å². The maximum Gasteiger partial charge on any atom is 0.0953 e. The Labute approximate surface area is 115 Å². The smallest absolute Gasteiger partial charge is 0.0953 e. The fourth-order valence-electron chi connectivity index (χ4n) is 2.39.